The Balaban J connectivity index is 2.32. The summed E-state index contributed by atoms with van der Waals surface area (Å²) >= 11 is 1.12. The minimum Gasteiger partial charge on any atom is -0.478 e. The third-order valence-electron chi connectivity index (χ3n) is 2.45. The molecule has 0 aliphatic heterocycles. The molecule has 0 spiro atoms. The first-order valence-electron chi connectivity index (χ1n) is 5.58. The fourth-order valence-electron chi connectivity index (χ4n) is 1.53. The first-order chi connectivity index (χ1) is 10.0. The van der Waals surface area contributed by atoms with Gasteiger partial charge < -0.3 is 5.11 Å². The molecule has 0 fully saturated rings. The second kappa shape index (κ2) is 6.02. The number of pyridine rings is 1. The summed E-state index contributed by atoms with van der Waals surface area (Å²) in [5.74, 6) is -1.05. The summed E-state index contributed by atoms with van der Waals surface area (Å²) in [7, 11) is 0. The molecule has 8 heteroatoms. The number of rotatable bonds is 4. The van der Waals surface area contributed by atoms with E-state index in [4.69, 9.17) is 10.4 Å². The van der Waals surface area contributed by atoms with Crippen LogP contribution in [0.15, 0.2) is 46.3 Å². The molecule has 0 saturated heterocycles. The van der Waals surface area contributed by atoms with Crippen molar-refractivity contribution in [3.8, 4) is 6.07 Å². The average Bonchev–Trinajstić information content (AvgIpc) is 2.47. The minimum absolute atomic E-state index is 0.127. The molecule has 0 bridgehead atoms. The molecule has 0 radical (unpaired) electrons. The highest BCUT2D eigenvalue weighted by Gasteiger charge is 2.16. The molecule has 0 amide bonds. The van der Waals surface area contributed by atoms with E-state index in [0.717, 1.165) is 11.8 Å². The van der Waals surface area contributed by atoms with E-state index in [1.165, 1.54) is 24.3 Å². The Morgan fingerprint density at radius 1 is 1.38 bits per heavy atom. The number of aromatic carboxylic acids is 1. The second-order valence-electron chi connectivity index (χ2n) is 3.82. The lowest BCUT2D eigenvalue weighted by Crippen LogP contribution is -1.97. The maximum absolute atomic E-state index is 10.9. The number of hydrogen-bond acceptors (Lipinski definition) is 6. The number of carbonyl (C=O) groups is 1. The summed E-state index contributed by atoms with van der Waals surface area (Å²) in [5.41, 5.74) is -0.511. The highest BCUT2D eigenvalue weighted by atomic mass is 32.2. The molecule has 0 unspecified atom stereocenters. The normalized spacial score (nSPS) is 9.86. The first-order valence-corrected chi connectivity index (χ1v) is 6.39. The van der Waals surface area contributed by atoms with Gasteiger partial charge in [0.15, 0.2) is 0 Å². The van der Waals surface area contributed by atoms with E-state index in [2.05, 4.69) is 4.98 Å². The van der Waals surface area contributed by atoms with Crippen molar-refractivity contribution >= 4 is 23.4 Å². The molecule has 0 atom stereocenters. The van der Waals surface area contributed by atoms with E-state index in [-0.39, 0.29) is 16.9 Å². The number of carboxylic acids is 1. The molecule has 2 aromatic rings. The number of nitriles is 1. The quantitative estimate of drug-likeness (QED) is 0.681. The fraction of sp³-hybridized carbons (Fsp3) is 0. The standard InChI is InChI=1S/C13H7N3O4S/c14-7-10-11(16(19)20)4-5-12(15-10)21-9-3-1-2-8(6-9)13(17)18/h1-6H,(H,17,18). The molecule has 0 aliphatic carbocycles. The topological polar surface area (TPSA) is 117 Å². The number of benzene rings is 1. The molecule has 1 N–H and O–H groups in total. The number of nitrogens with zero attached hydrogens (tertiary/aromatic N) is 3. The van der Waals surface area contributed by atoms with Crippen LogP contribution in [0.2, 0.25) is 0 Å². The molecule has 21 heavy (non-hydrogen) atoms. The molecule has 1 aromatic carbocycles. The molecular weight excluding hydrogens is 294 g/mol. The van der Waals surface area contributed by atoms with Gasteiger partial charge in [0, 0.05) is 11.0 Å². The SMILES string of the molecule is N#Cc1nc(Sc2cccc(C(=O)O)c2)ccc1[N+](=O)[O-]. The van der Waals surface area contributed by atoms with Crippen molar-refractivity contribution in [3.63, 3.8) is 0 Å². The maximum atomic E-state index is 10.9. The molecule has 0 saturated carbocycles. The molecule has 1 heterocycles. The number of hydrogen-bond donors (Lipinski definition) is 1. The predicted octanol–water partition coefficient (Wildman–Crippen LogP) is 2.71. The van der Waals surface area contributed by atoms with Gasteiger partial charge in [-0.15, -0.1) is 0 Å². The fourth-order valence-corrected chi connectivity index (χ4v) is 2.38. The molecule has 104 valence electrons. The Bertz CT molecular complexity index is 770. The van der Waals surface area contributed by atoms with Gasteiger partial charge in [0.25, 0.3) is 0 Å². The van der Waals surface area contributed by atoms with Crippen molar-refractivity contribution in [1.82, 2.24) is 4.98 Å². The van der Waals surface area contributed by atoms with Crippen molar-refractivity contribution in [2.45, 2.75) is 9.92 Å². The summed E-state index contributed by atoms with van der Waals surface area (Å²) in [6.07, 6.45) is 0. The monoisotopic (exact) mass is 301 g/mol. The average molecular weight is 301 g/mol. The predicted molar refractivity (Wildman–Crippen MR) is 73.1 cm³/mol. The first kappa shape index (κ1) is 14.5. The Labute approximate surface area is 123 Å². The Kier molecular flexibility index (Phi) is 4.15. The van der Waals surface area contributed by atoms with Crippen molar-refractivity contribution in [2.24, 2.45) is 0 Å². The van der Waals surface area contributed by atoms with Gasteiger partial charge in [0.05, 0.1) is 10.5 Å². The van der Waals surface area contributed by atoms with Gasteiger partial charge in [-0.25, -0.2) is 9.78 Å². The maximum Gasteiger partial charge on any atom is 0.335 e. The molecule has 7 nitrogen and oxygen atoms in total. The molecule has 2 rings (SSSR count). The van der Waals surface area contributed by atoms with Crippen LogP contribution in [0.1, 0.15) is 16.1 Å². The van der Waals surface area contributed by atoms with Crippen LogP contribution >= 0.6 is 11.8 Å². The highest BCUT2D eigenvalue weighted by molar-refractivity contribution is 7.99. The zero-order valence-corrected chi connectivity index (χ0v) is 11.2. The second-order valence-corrected chi connectivity index (χ2v) is 4.91. The van der Waals surface area contributed by atoms with E-state index in [0.29, 0.717) is 9.92 Å². The van der Waals surface area contributed by atoms with Gasteiger partial charge in [-0.1, -0.05) is 17.8 Å². The van der Waals surface area contributed by atoms with Crippen LogP contribution in [0.5, 0.6) is 0 Å². The van der Waals surface area contributed by atoms with E-state index in [9.17, 15) is 14.9 Å². The van der Waals surface area contributed by atoms with E-state index in [1.54, 1.807) is 18.2 Å². The van der Waals surface area contributed by atoms with E-state index >= 15 is 0 Å². The van der Waals surface area contributed by atoms with Gasteiger partial charge in [-0.2, -0.15) is 5.26 Å². The minimum atomic E-state index is -1.05. The lowest BCUT2D eigenvalue weighted by Gasteiger charge is -2.03. The van der Waals surface area contributed by atoms with Crippen molar-refractivity contribution in [1.29, 1.82) is 5.26 Å². The lowest BCUT2D eigenvalue weighted by molar-refractivity contribution is -0.385. The van der Waals surface area contributed by atoms with Crippen LogP contribution in [0, 0.1) is 21.4 Å². The summed E-state index contributed by atoms with van der Waals surface area (Å²) in [6, 6.07) is 10.5. The summed E-state index contributed by atoms with van der Waals surface area (Å²) in [4.78, 5) is 25.4. The number of carboxylic acid groups (broad SMARTS) is 1. The van der Waals surface area contributed by atoms with Gasteiger partial charge in [-0.05, 0) is 24.3 Å². The number of aromatic nitrogens is 1. The number of nitro groups is 1. The molecular formula is C13H7N3O4S. The zero-order valence-electron chi connectivity index (χ0n) is 10.4. The smallest absolute Gasteiger partial charge is 0.335 e. The summed E-state index contributed by atoms with van der Waals surface area (Å²) in [5, 5.41) is 28.9. The Hall–Kier alpha value is -2.92. The van der Waals surface area contributed by atoms with Crippen molar-refractivity contribution in [2.75, 3.05) is 0 Å². The summed E-state index contributed by atoms with van der Waals surface area (Å²) < 4.78 is 0. The van der Waals surface area contributed by atoms with Crippen LogP contribution in [0.3, 0.4) is 0 Å². The van der Waals surface area contributed by atoms with Crippen molar-refractivity contribution < 1.29 is 14.8 Å². The Morgan fingerprint density at radius 3 is 2.76 bits per heavy atom. The Morgan fingerprint density at radius 2 is 2.14 bits per heavy atom. The van der Waals surface area contributed by atoms with Gasteiger partial charge >= 0.3 is 11.7 Å². The van der Waals surface area contributed by atoms with E-state index in [1.807, 2.05) is 0 Å². The van der Waals surface area contributed by atoms with Gasteiger partial charge in [0.2, 0.25) is 5.69 Å². The third kappa shape index (κ3) is 3.34. The van der Waals surface area contributed by atoms with Crippen LogP contribution in [-0.2, 0) is 0 Å². The lowest BCUT2D eigenvalue weighted by atomic mass is 10.2. The molecule has 0 aliphatic rings. The van der Waals surface area contributed by atoms with Crippen LogP contribution in [0.4, 0.5) is 5.69 Å². The van der Waals surface area contributed by atoms with Crippen molar-refractivity contribution in [3.05, 3.63) is 57.8 Å². The van der Waals surface area contributed by atoms with Crippen LogP contribution < -0.4 is 0 Å². The zero-order chi connectivity index (χ0) is 15.4. The van der Waals surface area contributed by atoms with Crippen LogP contribution in [-0.4, -0.2) is 21.0 Å². The molecule has 1 aromatic heterocycles. The van der Waals surface area contributed by atoms with Gasteiger partial charge in [0.1, 0.15) is 11.1 Å². The van der Waals surface area contributed by atoms with E-state index < -0.39 is 10.9 Å². The summed E-state index contributed by atoms with van der Waals surface area (Å²) in [6.45, 7) is 0. The highest BCUT2D eigenvalue weighted by Crippen LogP contribution is 2.29. The third-order valence-corrected chi connectivity index (χ3v) is 3.38. The van der Waals surface area contributed by atoms with Gasteiger partial charge in [-0.3, -0.25) is 10.1 Å². The largest absolute Gasteiger partial charge is 0.478 e. The van der Waals surface area contributed by atoms with Crippen LogP contribution in [0.25, 0.3) is 0 Å².